The van der Waals surface area contributed by atoms with Crippen molar-refractivity contribution in [2.75, 3.05) is 18.4 Å². The van der Waals surface area contributed by atoms with Crippen molar-refractivity contribution < 1.29 is 13.2 Å². The Hall–Kier alpha value is -2.29. The molecule has 0 bridgehead atoms. The molecule has 2 aromatic carbocycles. The first-order valence-corrected chi connectivity index (χ1v) is 10.5. The van der Waals surface area contributed by atoms with Gasteiger partial charge in [-0.05, 0) is 68.4 Å². The monoisotopic (exact) mass is 403 g/mol. The van der Waals surface area contributed by atoms with E-state index in [1.54, 1.807) is 36.4 Å². The van der Waals surface area contributed by atoms with Crippen molar-refractivity contribution in [3.05, 3.63) is 59.7 Å². The Morgan fingerprint density at radius 1 is 1.00 bits per heavy atom. The Kier molecular flexibility index (Phi) is 5.88. The van der Waals surface area contributed by atoms with Crippen molar-refractivity contribution in [1.82, 2.24) is 9.62 Å². The van der Waals surface area contributed by atoms with Gasteiger partial charge < -0.3 is 5.32 Å². The normalized spacial score (nSPS) is 14.7. The van der Waals surface area contributed by atoms with E-state index in [9.17, 15) is 13.2 Å². The van der Waals surface area contributed by atoms with E-state index in [0.717, 1.165) is 18.4 Å². The summed E-state index contributed by atoms with van der Waals surface area (Å²) in [7, 11) is -3.44. The lowest BCUT2D eigenvalue weighted by Crippen LogP contribution is -2.34. The molecule has 142 valence electrons. The first-order chi connectivity index (χ1) is 12.9. The fraction of sp³-hybridized carbons (Fsp3) is 0.263. The van der Waals surface area contributed by atoms with Crippen LogP contribution < -0.4 is 10.6 Å². The van der Waals surface area contributed by atoms with Crippen LogP contribution in [0.4, 0.5) is 5.69 Å². The average Bonchev–Trinajstić information content (AvgIpc) is 3.18. The summed E-state index contributed by atoms with van der Waals surface area (Å²) in [6.45, 7) is 3.08. The Morgan fingerprint density at radius 3 is 2.19 bits per heavy atom. The molecule has 1 fully saturated rings. The molecule has 0 radical (unpaired) electrons. The van der Waals surface area contributed by atoms with Gasteiger partial charge in [-0.1, -0.05) is 17.7 Å². The van der Waals surface area contributed by atoms with Gasteiger partial charge in [-0.2, -0.15) is 4.31 Å². The smallest absolute Gasteiger partial charge is 0.257 e. The Labute approximate surface area is 164 Å². The lowest BCUT2D eigenvalue weighted by molar-refractivity contribution is 0.0977. The summed E-state index contributed by atoms with van der Waals surface area (Å²) in [4.78, 5) is 12.4. The number of hydrogen-bond acceptors (Lipinski definition) is 4. The molecule has 1 aliphatic rings. The standard InChI is InChI=1S/C19H21N3O3S2/c1-14-4-6-15(7-5-14)18(23)21-19(26)20-16-8-10-17(11-9-16)27(24,25)22-12-2-3-13-22/h4-11H,2-3,12-13H2,1H3,(H2,20,21,23,26). The maximum atomic E-state index is 12.5. The van der Waals surface area contributed by atoms with Gasteiger partial charge in [0.05, 0.1) is 4.90 Å². The molecule has 27 heavy (non-hydrogen) atoms. The summed E-state index contributed by atoms with van der Waals surface area (Å²) >= 11 is 5.16. The van der Waals surface area contributed by atoms with E-state index in [4.69, 9.17) is 12.2 Å². The highest BCUT2D eigenvalue weighted by Gasteiger charge is 2.26. The van der Waals surface area contributed by atoms with Crippen molar-refractivity contribution in [3.8, 4) is 0 Å². The van der Waals surface area contributed by atoms with Crippen LogP contribution >= 0.6 is 12.2 Å². The van der Waals surface area contributed by atoms with Crippen molar-refractivity contribution >= 4 is 38.9 Å². The minimum absolute atomic E-state index is 0.149. The molecule has 2 aromatic rings. The van der Waals surface area contributed by atoms with Crippen LogP contribution in [0.2, 0.25) is 0 Å². The molecule has 1 amide bonds. The summed E-state index contributed by atoms with van der Waals surface area (Å²) in [5, 5.41) is 5.65. The summed E-state index contributed by atoms with van der Waals surface area (Å²) in [5.74, 6) is -0.305. The van der Waals surface area contributed by atoms with Gasteiger partial charge in [0.2, 0.25) is 10.0 Å². The zero-order chi connectivity index (χ0) is 19.4. The summed E-state index contributed by atoms with van der Waals surface area (Å²) < 4.78 is 26.5. The van der Waals surface area contributed by atoms with Gasteiger partial charge in [-0.15, -0.1) is 0 Å². The van der Waals surface area contributed by atoms with Crippen LogP contribution in [0.1, 0.15) is 28.8 Å². The molecule has 8 heteroatoms. The first kappa shape index (κ1) is 19.5. The lowest BCUT2D eigenvalue weighted by Gasteiger charge is -2.16. The number of benzene rings is 2. The van der Waals surface area contributed by atoms with Gasteiger partial charge in [0.1, 0.15) is 0 Å². The SMILES string of the molecule is Cc1ccc(C(=O)NC(=S)Nc2ccc(S(=O)(=O)N3CCCC3)cc2)cc1. The maximum Gasteiger partial charge on any atom is 0.257 e. The number of rotatable bonds is 4. The second-order valence-electron chi connectivity index (χ2n) is 6.41. The number of carbonyl (C=O) groups is 1. The number of amides is 1. The molecule has 1 saturated heterocycles. The lowest BCUT2D eigenvalue weighted by atomic mass is 10.1. The highest BCUT2D eigenvalue weighted by atomic mass is 32.2. The molecule has 1 heterocycles. The highest BCUT2D eigenvalue weighted by molar-refractivity contribution is 7.89. The fourth-order valence-electron chi connectivity index (χ4n) is 2.83. The summed E-state index contributed by atoms with van der Waals surface area (Å²) in [6, 6.07) is 13.5. The minimum atomic E-state index is -3.44. The van der Waals surface area contributed by atoms with E-state index >= 15 is 0 Å². The first-order valence-electron chi connectivity index (χ1n) is 8.65. The number of nitrogens with zero attached hydrogens (tertiary/aromatic N) is 1. The summed E-state index contributed by atoms with van der Waals surface area (Å²) in [6.07, 6.45) is 1.79. The molecule has 3 rings (SSSR count). The number of nitrogens with one attached hydrogen (secondary N) is 2. The molecule has 0 spiro atoms. The summed E-state index contributed by atoms with van der Waals surface area (Å²) in [5.41, 5.74) is 2.18. The molecule has 0 aromatic heterocycles. The highest BCUT2D eigenvalue weighted by Crippen LogP contribution is 2.22. The van der Waals surface area contributed by atoms with Crippen LogP contribution in [0.15, 0.2) is 53.4 Å². The quantitative estimate of drug-likeness (QED) is 0.768. The minimum Gasteiger partial charge on any atom is -0.332 e. The molecular weight excluding hydrogens is 382 g/mol. The van der Waals surface area contributed by atoms with Crippen LogP contribution in [0.3, 0.4) is 0 Å². The maximum absolute atomic E-state index is 12.5. The molecule has 0 unspecified atom stereocenters. The molecule has 2 N–H and O–H groups in total. The number of hydrogen-bond donors (Lipinski definition) is 2. The molecule has 0 aliphatic carbocycles. The molecule has 0 atom stereocenters. The van der Waals surface area contributed by atoms with Gasteiger partial charge in [-0.3, -0.25) is 10.1 Å². The van der Waals surface area contributed by atoms with Gasteiger partial charge in [-0.25, -0.2) is 8.42 Å². The van der Waals surface area contributed by atoms with Crippen LogP contribution in [-0.2, 0) is 10.0 Å². The number of sulfonamides is 1. The van der Waals surface area contributed by atoms with E-state index in [0.29, 0.717) is 24.3 Å². The van der Waals surface area contributed by atoms with Crippen molar-refractivity contribution in [1.29, 1.82) is 0 Å². The zero-order valence-corrected chi connectivity index (χ0v) is 16.6. The predicted octanol–water partition coefficient (Wildman–Crippen LogP) is 2.91. The second kappa shape index (κ2) is 8.16. The number of anilines is 1. The molecular formula is C19H21N3O3S2. The largest absolute Gasteiger partial charge is 0.332 e. The topological polar surface area (TPSA) is 78.5 Å². The van der Waals surface area contributed by atoms with Crippen LogP contribution in [0.5, 0.6) is 0 Å². The van der Waals surface area contributed by atoms with Crippen LogP contribution in [-0.4, -0.2) is 36.8 Å². The van der Waals surface area contributed by atoms with Gasteiger partial charge in [0, 0.05) is 24.3 Å². The molecule has 6 nitrogen and oxygen atoms in total. The van der Waals surface area contributed by atoms with E-state index in [2.05, 4.69) is 10.6 Å². The van der Waals surface area contributed by atoms with Gasteiger partial charge >= 0.3 is 0 Å². The zero-order valence-electron chi connectivity index (χ0n) is 14.9. The Bertz CT molecular complexity index is 933. The van der Waals surface area contributed by atoms with E-state index in [1.165, 1.54) is 4.31 Å². The van der Waals surface area contributed by atoms with Crippen LogP contribution in [0.25, 0.3) is 0 Å². The number of carbonyl (C=O) groups excluding carboxylic acids is 1. The molecule has 1 aliphatic heterocycles. The van der Waals surface area contributed by atoms with Crippen LogP contribution in [0, 0.1) is 6.92 Å². The average molecular weight is 404 g/mol. The van der Waals surface area contributed by atoms with Crippen molar-refractivity contribution in [2.45, 2.75) is 24.7 Å². The number of aryl methyl sites for hydroxylation is 1. The third-order valence-electron chi connectivity index (χ3n) is 4.36. The van der Waals surface area contributed by atoms with Crippen molar-refractivity contribution in [3.63, 3.8) is 0 Å². The molecule has 0 saturated carbocycles. The number of thiocarbonyl (C=S) groups is 1. The Balaban J connectivity index is 1.61. The van der Waals surface area contributed by atoms with Crippen molar-refractivity contribution in [2.24, 2.45) is 0 Å². The van der Waals surface area contributed by atoms with E-state index in [-0.39, 0.29) is 15.9 Å². The van der Waals surface area contributed by atoms with E-state index in [1.807, 2.05) is 19.1 Å². The third-order valence-corrected chi connectivity index (χ3v) is 6.47. The fourth-order valence-corrected chi connectivity index (χ4v) is 4.56. The van der Waals surface area contributed by atoms with E-state index < -0.39 is 10.0 Å². The second-order valence-corrected chi connectivity index (χ2v) is 8.76. The van der Waals surface area contributed by atoms with Gasteiger partial charge in [0.15, 0.2) is 5.11 Å². The third kappa shape index (κ3) is 4.71. The predicted molar refractivity (Wildman–Crippen MR) is 109 cm³/mol. The Morgan fingerprint density at radius 2 is 1.59 bits per heavy atom. The van der Waals surface area contributed by atoms with Gasteiger partial charge in [0.25, 0.3) is 5.91 Å².